The molecule has 1 heterocycles. The molecule has 0 aromatic heterocycles. The second-order valence-electron chi connectivity index (χ2n) is 4.15. The lowest BCUT2D eigenvalue weighted by atomic mass is 10.1. The molecular formula is C12H16N2O3. The highest BCUT2D eigenvalue weighted by molar-refractivity contribution is 5.32. The van der Waals surface area contributed by atoms with Crippen LogP contribution in [0.2, 0.25) is 0 Å². The number of methoxy groups -OCH3 is 1. The number of hydrogen-bond acceptors (Lipinski definition) is 4. The molecule has 1 saturated heterocycles. The molecule has 1 aliphatic rings. The first-order valence-electron chi connectivity index (χ1n) is 5.72. The first kappa shape index (κ1) is 11.9. The van der Waals surface area contributed by atoms with E-state index in [0.29, 0.717) is 0 Å². The van der Waals surface area contributed by atoms with Crippen LogP contribution in [0.3, 0.4) is 0 Å². The standard InChI is InChI=1S/C12H16N2O3/c1-3-8-13-11(12(13)14(15)16)9-4-6-10(17-2)7-5-9/h4-7,11-12H,3,8H2,1-2H3/t11-,12-,13?/m1/s1. The van der Waals surface area contributed by atoms with Crippen LogP contribution in [0.15, 0.2) is 24.3 Å². The predicted octanol–water partition coefficient (Wildman–Crippen LogP) is 2.06. The lowest BCUT2D eigenvalue weighted by molar-refractivity contribution is -0.507. The summed E-state index contributed by atoms with van der Waals surface area (Å²) in [6, 6.07) is 7.41. The van der Waals surface area contributed by atoms with Gasteiger partial charge in [-0.1, -0.05) is 19.1 Å². The van der Waals surface area contributed by atoms with Gasteiger partial charge in [-0.15, -0.1) is 0 Å². The van der Waals surface area contributed by atoms with E-state index in [0.717, 1.165) is 24.3 Å². The monoisotopic (exact) mass is 236 g/mol. The molecule has 1 unspecified atom stereocenters. The summed E-state index contributed by atoms with van der Waals surface area (Å²) in [5, 5.41) is 10.9. The molecule has 5 heteroatoms. The molecule has 1 aliphatic heterocycles. The van der Waals surface area contributed by atoms with Gasteiger partial charge in [0.2, 0.25) is 0 Å². The van der Waals surface area contributed by atoms with Crippen LogP contribution in [0.25, 0.3) is 0 Å². The molecule has 3 atom stereocenters. The van der Waals surface area contributed by atoms with Crippen LogP contribution < -0.4 is 4.74 Å². The summed E-state index contributed by atoms with van der Waals surface area (Å²) in [4.78, 5) is 12.6. The number of hydrogen-bond donors (Lipinski definition) is 0. The molecule has 0 spiro atoms. The highest BCUT2D eigenvalue weighted by atomic mass is 16.6. The number of benzene rings is 1. The highest BCUT2D eigenvalue weighted by Crippen LogP contribution is 2.43. The Hall–Kier alpha value is -1.62. The van der Waals surface area contributed by atoms with Gasteiger partial charge in [-0.2, -0.15) is 0 Å². The van der Waals surface area contributed by atoms with Crippen molar-refractivity contribution in [2.45, 2.75) is 25.6 Å². The molecule has 92 valence electrons. The minimum absolute atomic E-state index is 0.0733. The second-order valence-corrected chi connectivity index (χ2v) is 4.15. The van der Waals surface area contributed by atoms with Crippen molar-refractivity contribution in [2.24, 2.45) is 0 Å². The molecule has 0 amide bonds. The van der Waals surface area contributed by atoms with E-state index in [1.807, 2.05) is 36.1 Å². The fourth-order valence-corrected chi connectivity index (χ4v) is 2.19. The topological polar surface area (TPSA) is 55.4 Å². The molecular weight excluding hydrogens is 220 g/mol. The maximum absolute atomic E-state index is 10.9. The molecule has 1 aromatic carbocycles. The smallest absolute Gasteiger partial charge is 0.289 e. The molecule has 0 N–H and O–H groups in total. The number of nitro groups is 1. The van der Waals surface area contributed by atoms with Gasteiger partial charge in [0, 0.05) is 11.5 Å². The largest absolute Gasteiger partial charge is 0.497 e. The Morgan fingerprint density at radius 1 is 1.41 bits per heavy atom. The minimum atomic E-state index is -0.552. The van der Waals surface area contributed by atoms with Gasteiger partial charge in [0.15, 0.2) is 0 Å². The van der Waals surface area contributed by atoms with Gasteiger partial charge < -0.3 is 4.74 Å². The van der Waals surface area contributed by atoms with Crippen LogP contribution in [0.5, 0.6) is 5.75 Å². The first-order chi connectivity index (χ1) is 8.19. The molecule has 1 fully saturated rings. The highest BCUT2D eigenvalue weighted by Gasteiger charge is 2.57. The van der Waals surface area contributed by atoms with Crippen LogP contribution >= 0.6 is 0 Å². The Kier molecular flexibility index (Phi) is 3.28. The Bertz CT molecular complexity index is 405. The van der Waals surface area contributed by atoms with Crippen molar-refractivity contribution in [3.63, 3.8) is 0 Å². The molecule has 0 aliphatic carbocycles. The van der Waals surface area contributed by atoms with Crippen molar-refractivity contribution in [1.82, 2.24) is 4.90 Å². The van der Waals surface area contributed by atoms with Crippen LogP contribution in [-0.4, -0.2) is 29.6 Å². The normalized spacial score (nSPS) is 26.6. The van der Waals surface area contributed by atoms with Crippen LogP contribution in [0.4, 0.5) is 0 Å². The number of rotatable bonds is 5. The quantitative estimate of drug-likeness (QED) is 0.446. The summed E-state index contributed by atoms with van der Waals surface area (Å²) in [7, 11) is 1.61. The van der Waals surface area contributed by atoms with E-state index in [1.54, 1.807) is 7.11 Å². The van der Waals surface area contributed by atoms with E-state index in [1.165, 1.54) is 0 Å². The third-order valence-electron chi connectivity index (χ3n) is 3.04. The van der Waals surface area contributed by atoms with Gasteiger partial charge in [-0.3, -0.25) is 10.1 Å². The van der Waals surface area contributed by atoms with Gasteiger partial charge in [-0.05, 0) is 24.1 Å². The average molecular weight is 236 g/mol. The van der Waals surface area contributed by atoms with Gasteiger partial charge in [-0.25, -0.2) is 4.90 Å². The van der Waals surface area contributed by atoms with Crippen molar-refractivity contribution < 1.29 is 9.66 Å². The SMILES string of the molecule is CCCN1[C@H](c2ccc(OC)cc2)[C@H]1[N+](=O)[O-]. The van der Waals surface area contributed by atoms with E-state index in [4.69, 9.17) is 4.74 Å². The third kappa shape index (κ3) is 2.24. The van der Waals surface area contributed by atoms with Gasteiger partial charge in [0.25, 0.3) is 6.17 Å². The van der Waals surface area contributed by atoms with Crippen molar-refractivity contribution in [1.29, 1.82) is 0 Å². The van der Waals surface area contributed by atoms with E-state index in [-0.39, 0.29) is 11.0 Å². The van der Waals surface area contributed by atoms with Crippen molar-refractivity contribution in [3.05, 3.63) is 39.9 Å². The zero-order valence-electron chi connectivity index (χ0n) is 10.00. The third-order valence-corrected chi connectivity index (χ3v) is 3.04. The summed E-state index contributed by atoms with van der Waals surface area (Å²) < 4.78 is 5.07. The van der Waals surface area contributed by atoms with E-state index >= 15 is 0 Å². The number of ether oxygens (including phenoxy) is 1. The Balaban J connectivity index is 2.13. The molecule has 0 bridgehead atoms. The van der Waals surface area contributed by atoms with Crippen LogP contribution in [-0.2, 0) is 0 Å². The maximum Gasteiger partial charge on any atom is 0.289 e. The van der Waals surface area contributed by atoms with E-state index in [2.05, 4.69) is 0 Å². The Labute approximate surface area is 100 Å². The molecule has 2 rings (SSSR count). The molecule has 5 nitrogen and oxygen atoms in total. The van der Waals surface area contributed by atoms with Crippen molar-refractivity contribution in [2.75, 3.05) is 13.7 Å². The second kappa shape index (κ2) is 4.71. The molecule has 0 saturated carbocycles. The lowest BCUT2D eigenvalue weighted by Gasteiger charge is -2.01. The summed E-state index contributed by atoms with van der Waals surface area (Å²) >= 11 is 0. The van der Waals surface area contributed by atoms with Crippen molar-refractivity contribution >= 4 is 0 Å². The summed E-state index contributed by atoms with van der Waals surface area (Å²) in [6.07, 6.45) is 0.375. The fraction of sp³-hybridized carbons (Fsp3) is 0.500. The zero-order valence-corrected chi connectivity index (χ0v) is 10.00. The Morgan fingerprint density at radius 3 is 2.53 bits per heavy atom. The molecule has 17 heavy (non-hydrogen) atoms. The predicted molar refractivity (Wildman–Crippen MR) is 63.5 cm³/mol. The van der Waals surface area contributed by atoms with Gasteiger partial charge in [0.1, 0.15) is 11.8 Å². The summed E-state index contributed by atoms with van der Waals surface area (Å²) in [6.45, 7) is 2.79. The van der Waals surface area contributed by atoms with Gasteiger partial charge >= 0.3 is 0 Å². The molecule has 1 aromatic rings. The van der Waals surface area contributed by atoms with E-state index in [9.17, 15) is 10.1 Å². The minimum Gasteiger partial charge on any atom is -0.497 e. The first-order valence-corrected chi connectivity index (χ1v) is 5.72. The van der Waals surface area contributed by atoms with Crippen molar-refractivity contribution in [3.8, 4) is 5.75 Å². The number of nitrogens with zero attached hydrogens (tertiary/aromatic N) is 2. The van der Waals surface area contributed by atoms with Gasteiger partial charge in [0.05, 0.1) is 7.11 Å². The zero-order chi connectivity index (χ0) is 12.4. The average Bonchev–Trinajstić information content (AvgIpc) is 3.04. The van der Waals surface area contributed by atoms with Crippen LogP contribution in [0.1, 0.15) is 24.9 Å². The summed E-state index contributed by atoms with van der Waals surface area (Å²) in [5.74, 6) is 0.772. The maximum atomic E-state index is 10.9. The Morgan fingerprint density at radius 2 is 2.06 bits per heavy atom. The van der Waals surface area contributed by atoms with E-state index < -0.39 is 6.17 Å². The molecule has 0 radical (unpaired) electrons. The fourth-order valence-electron chi connectivity index (χ4n) is 2.19. The summed E-state index contributed by atoms with van der Waals surface area (Å²) in [5.41, 5.74) is 0.987. The lowest BCUT2D eigenvalue weighted by Crippen LogP contribution is -2.10. The van der Waals surface area contributed by atoms with Crippen LogP contribution in [0, 0.1) is 10.1 Å².